The molecule has 8 nitrogen and oxygen atoms in total. The number of ether oxygens (including phenoxy) is 4. The Bertz CT molecular complexity index is 1110. The molecule has 2 aromatic carbocycles. The SMILES string of the molecule is COc1cc([C@@H](O)[C@@H](CC2Oc3ccccc3O2)Cn2ccc(CC(=O)O)c2)cc(OC)c1C. The van der Waals surface area contributed by atoms with Gasteiger partial charge in [0.25, 0.3) is 0 Å². The Labute approximate surface area is 198 Å². The highest BCUT2D eigenvalue weighted by atomic mass is 16.7. The van der Waals surface area contributed by atoms with E-state index in [0.29, 0.717) is 47.1 Å². The number of aliphatic hydroxyl groups excluding tert-OH is 1. The van der Waals surface area contributed by atoms with Crippen LogP contribution in [0, 0.1) is 12.8 Å². The molecule has 0 saturated carbocycles. The molecule has 3 aromatic rings. The number of aromatic nitrogens is 1. The lowest BCUT2D eigenvalue weighted by Crippen LogP contribution is -2.28. The van der Waals surface area contributed by atoms with E-state index in [1.807, 2.05) is 54.1 Å². The van der Waals surface area contributed by atoms with Crippen LogP contribution in [0.2, 0.25) is 0 Å². The van der Waals surface area contributed by atoms with Crippen molar-refractivity contribution >= 4 is 5.97 Å². The Hall–Kier alpha value is -3.65. The standard InChI is InChI=1S/C26H29NO7/c1-16-22(31-2)11-18(12-23(16)32-3)26(30)19(15-27-9-8-17(14-27)10-24(28)29)13-25-33-20-6-4-5-7-21(20)34-25/h4-9,11-12,14,19,25-26,30H,10,13,15H2,1-3H3,(H,28,29)/t19-,26+/m0/s1. The van der Waals surface area contributed by atoms with Crippen LogP contribution in [0.4, 0.5) is 0 Å². The fraction of sp³-hybridized carbons (Fsp3) is 0.346. The van der Waals surface area contributed by atoms with Gasteiger partial charge in [0.1, 0.15) is 11.5 Å². The molecule has 0 fully saturated rings. The number of hydrogen-bond donors (Lipinski definition) is 2. The molecular weight excluding hydrogens is 438 g/mol. The maximum Gasteiger partial charge on any atom is 0.307 e. The van der Waals surface area contributed by atoms with E-state index in [1.54, 1.807) is 26.5 Å². The Morgan fingerprint density at radius 2 is 1.71 bits per heavy atom. The van der Waals surface area contributed by atoms with E-state index in [4.69, 9.17) is 24.1 Å². The molecule has 1 aliphatic rings. The third kappa shape index (κ3) is 5.12. The van der Waals surface area contributed by atoms with E-state index in [1.165, 1.54) is 0 Å². The number of benzene rings is 2. The minimum absolute atomic E-state index is 0.0588. The van der Waals surface area contributed by atoms with Crippen molar-refractivity contribution < 1.29 is 34.0 Å². The predicted molar refractivity (Wildman–Crippen MR) is 125 cm³/mol. The topological polar surface area (TPSA) is 99.4 Å². The van der Waals surface area contributed by atoms with Crippen molar-refractivity contribution in [1.29, 1.82) is 0 Å². The van der Waals surface area contributed by atoms with Crippen molar-refractivity contribution in [3.8, 4) is 23.0 Å². The van der Waals surface area contributed by atoms with E-state index in [9.17, 15) is 9.90 Å². The highest BCUT2D eigenvalue weighted by Gasteiger charge is 2.32. The molecular formula is C26H29NO7. The van der Waals surface area contributed by atoms with Gasteiger partial charge in [-0.2, -0.15) is 0 Å². The van der Waals surface area contributed by atoms with Crippen molar-refractivity contribution in [2.75, 3.05) is 14.2 Å². The zero-order valence-corrected chi connectivity index (χ0v) is 19.4. The van der Waals surface area contributed by atoms with Crippen LogP contribution in [0.15, 0.2) is 54.9 Å². The van der Waals surface area contributed by atoms with Crippen molar-refractivity contribution in [3.05, 3.63) is 71.5 Å². The largest absolute Gasteiger partial charge is 0.496 e. The lowest BCUT2D eigenvalue weighted by molar-refractivity contribution is -0.136. The van der Waals surface area contributed by atoms with Crippen molar-refractivity contribution in [2.45, 2.75) is 38.7 Å². The predicted octanol–water partition coefficient (Wildman–Crippen LogP) is 3.98. The number of fused-ring (bicyclic) bond motifs is 1. The van der Waals surface area contributed by atoms with Crippen LogP contribution in [0.25, 0.3) is 0 Å². The second kappa shape index (κ2) is 10.1. The van der Waals surface area contributed by atoms with Gasteiger partial charge in [-0.15, -0.1) is 0 Å². The molecule has 1 aliphatic heterocycles. The van der Waals surface area contributed by atoms with Gasteiger partial charge in [-0.25, -0.2) is 0 Å². The molecule has 0 saturated heterocycles. The van der Waals surface area contributed by atoms with Crippen LogP contribution in [-0.2, 0) is 17.8 Å². The average molecular weight is 468 g/mol. The Morgan fingerprint density at radius 3 is 2.26 bits per heavy atom. The summed E-state index contributed by atoms with van der Waals surface area (Å²) in [6, 6.07) is 12.9. The third-order valence-electron chi connectivity index (χ3n) is 6.04. The summed E-state index contributed by atoms with van der Waals surface area (Å²) in [5.74, 6) is 1.38. The summed E-state index contributed by atoms with van der Waals surface area (Å²) in [7, 11) is 3.16. The molecule has 0 bridgehead atoms. The molecule has 0 aliphatic carbocycles. The van der Waals surface area contributed by atoms with Gasteiger partial charge < -0.3 is 33.7 Å². The zero-order chi connectivity index (χ0) is 24.2. The lowest BCUT2D eigenvalue weighted by Gasteiger charge is -2.27. The average Bonchev–Trinajstić information content (AvgIpc) is 3.43. The molecule has 0 radical (unpaired) electrons. The monoisotopic (exact) mass is 467 g/mol. The first kappa shape index (κ1) is 23.5. The summed E-state index contributed by atoms with van der Waals surface area (Å²) >= 11 is 0. The number of carboxylic acids is 1. The minimum atomic E-state index is -0.890. The first-order valence-electron chi connectivity index (χ1n) is 11.1. The second-order valence-electron chi connectivity index (χ2n) is 8.39. The summed E-state index contributed by atoms with van der Waals surface area (Å²) in [4.78, 5) is 11.1. The first-order chi connectivity index (χ1) is 16.4. The van der Waals surface area contributed by atoms with Gasteiger partial charge in [-0.1, -0.05) is 12.1 Å². The minimum Gasteiger partial charge on any atom is -0.496 e. The summed E-state index contributed by atoms with van der Waals surface area (Å²) in [6.07, 6.45) is 2.51. The molecule has 0 unspecified atom stereocenters. The number of aliphatic carboxylic acids is 1. The van der Waals surface area contributed by atoms with Crippen LogP contribution in [-0.4, -0.2) is 41.3 Å². The lowest BCUT2D eigenvalue weighted by atomic mass is 9.91. The van der Waals surface area contributed by atoms with Gasteiger partial charge in [-0.05, 0) is 48.4 Å². The zero-order valence-electron chi connectivity index (χ0n) is 19.4. The third-order valence-corrected chi connectivity index (χ3v) is 6.04. The molecule has 0 spiro atoms. The normalized spacial score (nSPS) is 14.6. The molecule has 4 rings (SSSR count). The number of methoxy groups -OCH3 is 2. The van der Waals surface area contributed by atoms with E-state index in [-0.39, 0.29) is 12.3 Å². The Balaban J connectivity index is 1.60. The van der Waals surface area contributed by atoms with Crippen LogP contribution in [0.3, 0.4) is 0 Å². The summed E-state index contributed by atoms with van der Waals surface area (Å²) in [6.45, 7) is 2.32. The van der Waals surface area contributed by atoms with Crippen LogP contribution >= 0.6 is 0 Å². The van der Waals surface area contributed by atoms with Crippen LogP contribution < -0.4 is 18.9 Å². The van der Waals surface area contributed by atoms with Gasteiger partial charge in [0.15, 0.2) is 11.5 Å². The van der Waals surface area contributed by atoms with Crippen LogP contribution in [0.5, 0.6) is 23.0 Å². The number of nitrogens with zero attached hydrogens (tertiary/aromatic N) is 1. The summed E-state index contributed by atoms with van der Waals surface area (Å²) in [5.41, 5.74) is 2.19. The molecule has 8 heteroatoms. The van der Waals surface area contributed by atoms with E-state index in [0.717, 1.165) is 5.56 Å². The number of hydrogen-bond acceptors (Lipinski definition) is 6. The maximum absolute atomic E-state index is 11.5. The molecule has 2 heterocycles. The summed E-state index contributed by atoms with van der Waals surface area (Å²) < 4.78 is 24.8. The quantitative estimate of drug-likeness (QED) is 0.465. The van der Waals surface area contributed by atoms with Crippen molar-refractivity contribution in [2.24, 2.45) is 5.92 Å². The van der Waals surface area contributed by atoms with Gasteiger partial charge in [0.2, 0.25) is 6.29 Å². The van der Waals surface area contributed by atoms with Gasteiger partial charge in [0.05, 0.1) is 26.7 Å². The van der Waals surface area contributed by atoms with Crippen LogP contribution in [0.1, 0.15) is 29.2 Å². The number of para-hydroxylation sites is 2. The maximum atomic E-state index is 11.5. The van der Waals surface area contributed by atoms with Gasteiger partial charge in [-0.3, -0.25) is 4.79 Å². The summed E-state index contributed by atoms with van der Waals surface area (Å²) in [5, 5.41) is 20.6. The van der Waals surface area contributed by atoms with Crippen molar-refractivity contribution in [1.82, 2.24) is 4.57 Å². The molecule has 34 heavy (non-hydrogen) atoms. The second-order valence-corrected chi connectivity index (χ2v) is 8.39. The van der Waals surface area contributed by atoms with E-state index in [2.05, 4.69) is 0 Å². The molecule has 2 atom stereocenters. The van der Waals surface area contributed by atoms with Gasteiger partial charge in [0, 0.05) is 36.8 Å². The number of carboxylic acid groups (broad SMARTS) is 1. The van der Waals surface area contributed by atoms with Gasteiger partial charge >= 0.3 is 5.97 Å². The highest BCUT2D eigenvalue weighted by molar-refractivity contribution is 5.70. The molecule has 180 valence electrons. The first-order valence-corrected chi connectivity index (χ1v) is 11.1. The Morgan fingerprint density at radius 1 is 1.09 bits per heavy atom. The highest BCUT2D eigenvalue weighted by Crippen LogP contribution is 2.39. The smallest absolute Gasteiger partial charge is 0.307 e. The number of aliphatic hydroxyl groups is 1. The number of rotatable bonds is 10. The Kier molecular flexibility index (Phi) is 6.98. The molecule has 2 N–H and O–H groups in total. The fourth-order valence-corrected chi connectivity index (χ4v) is 4.30. The van der Waals surface area contributed by atoms with E-state index >= 15 is 0 Å². The molecule has 1 aromatic heterocycles. The van der Waals surface area contributed by atoms with Crippen molar-refractivity contribution in [3.63, 3.8) is 0 Å². The fourth-order valence-electron chi connectivity index (χ4n) is 4.30. The molecule has 0 amide bonds. The van der Waals surface area contributed by atoms with E-state index < -0.39 is 18.4 Å². The number of carbonyl (C=O) groups is 1.